The summed E-state index contributed by atoms with van der Waals surface area (Å²) in [5.41, 5.74) is 0.322. The van der Waals surface area contributed by atoms with E-state index in [0.29, 0.717) is 18.5 Å². The molecule has 1 aromatic rings. The molecule has 0 saturated carbocycles. The number of nitriles is 1. The van der Waals surface area contributed by atoms with Crippen LogP contribution in [0.15, 0.2) is 23.4 Å². The molecule has 1 aliphatic heterocycles. The van der Waals surface area contributed by atoms with Crippen molar-refractivity contribution in [1.82, 2.24) is 10.3 Å². The van der Waals surface area contributed by atoms with Gasteiger partial charge in [0.05, 0.1) is 16.9 Å². The third-order valence-corrected chi connectivity index (χ3v) is 4.93. The maximum absolute atomic E-state index is 12.2. The van der Waals surface area contributed by atoms with E-state index >= 15 is 0 Å². The predicted octanol–water partition coefficient (Wildman–Crippen LogP) is 0.479. The van der Waals surface area contributed by atoms with Gasteiger partial charge in [-0.25, -0.2) is 13.4 Å². The zero-order chi connectivity index (χ0) is 12.3. The van der Waals surface area contributed by atoms with E-state index in [1.54, 1.807) is 0 Å². The van der Waals surface area contributed by atoms with Gasteiger partial charge in [-0.1, -0.05) is 0 Å². The molecule has 90 valence electrons. The van der Waals surface area contributed by atoms with Gasteiger partial charge >= 0.3 is 0 Å². The Hall–Kier alpha value is -1.45. The van der Waals surface area contributed by atoms with E-state index in [1.165, 1.54) is 18.3 Å². The molecule has 1 atom stereocenters. The molecule has 2 heterocycles. The number of nitrogens with zero attached hydrogens (tertiary/aromatic N) is 2. The van der Waals surface area contributed by atoms with Crippen LogP contribution in [0.3, 0.4) is 0 Å². The molecule has 5 nitrogen and oxygen atoms in total. The molecular weight excluding hydrogens is 238 g/mol. The zero-order valence-electron chi connectivity index (χ0n) is 9.26. The highest BCUT2D eigenvalue weighted by molar-refractivity contribution is 7.92. The summed E-state index contributed by atoms with van der Waals surface area (Å²) in [6.07, 6.45) is 2.86. The summed E-state index contributed by atoms with van der Waals surface area (Å²) in [5, 5.41) is 11.4. The Labute approximate surface area is 100 Å². The van der Waals surface area contributed by atoms with Gasteiger partial charge in [0, 0.05) is 12.7 Å². The van der Waals surface area contributed by atoms with Gasteiger partial charge in [0.25, 0.3) is 0 Å². The molecule has 1 aliphatic rings. The summed E-state index contributed by atoms with van der Waals surface area (Å²) >= 11 is 0. The molecule has 0 bridgehead atoms. The Morgan fingerprint density at radius 1 is 1.53 bits per heavy atom. The molecule has 1 saturated heterocycles. The maximum atomic E-state index is 12.2. The van der Waals surface area contributed by atoms with Crippen molar-refractivity contribution in [3.63, 3.8) is 0 Å². The van der Waals surface area contributed by atoms with Gasteiger partial charge in [0.1, 0.15) is 0 Å². The molecule has 0 amide bonds. The van der Waals surface area contributed by atoms with Gasteiger partial charge in [-0.3, -0.25) is 0 Å². The molecule has 1 aromatic heterocycles. The number of pyridine rings is 1. The summed E-state index contributed by atoms with van der Waals surface area (Å²) in [7, 11) is -3.42. The minimum atomic E-state index is -3.42. The third kappa shape index (κ3) is 2.46. The molecule has 0 aliphatic carbocycles. The SMILES string of the molecule is N#Cc1ccnc(S(=O)(=O)[C@H]2CCCNC2)c1. The van der Waals surface area contributed by atoms with Crippen molar-refractivity contribution in [2.75, 3.05) is 13.1 Å². The zero-order valence-corrected chi connectivity index (χ0v) is 10.1. The summed E-state index contributed by atoms with van der Waals surface area (Å²) < 4.78 is 24.5. The predicted molar refractivity (Wildman–Crippen MR) is 62.0 cm³/mol. The lowest BCUT2D eigenvalue weighted by Crippen LogP contribution is -2.39. The van der Waals surface area contributed by atoms with Gasteiger partial charge in [0.2, 0.25) is 0 Å². The number of aromatic nitrogens is 1. The lowest BCUT2D eigenvalue weighted by molar-refractivity contribution is 0.495. The van der Waals surface area contributed by atoms with Gasteiger partial charge in [-0.15, -0.1) is 0 Å². The molecule has 0 unspecified atom stereocenters. The minimum absolute atomic E-state index is 0.00486. The van der Waals surface area contributed by atoms with Crippen LogP contribution >= 0.6 is 0 Å². The second-order valence-corrected chi connectivity index (χ2v) is 6.18. The van der Waals surface area contributed by atoms with Crippen LogP contribution in [0.25, 0.3) is 0 Å². The van der Waals surface area contributed by atoms with E-state index in [0.717, 1.165) is 13.0 Å². The van der Waals surface area contributed by atoms with Crippen molar-refractivity contribution in [2.24, 2.45) is 0 Å². The molecule has 1 N–H and O–H groups in total. The number of sulfone groups is 1. The van der Waals surface area contributed by atoms with Crippen LogP contribution < -0.4 is 5.32 Å². The summed E-state index contributed by atoms with van der Waals surface area (Å²) in [6.45, 7) is 1.32. The summed E-state index contributed by atoms with van der Waals surface area (Å²) in [5.74, 6) is 0. The van der Waals surface area contributed by atoms with Gasteiger partial charge in [-0.05, 0) is 31.5 Å². The second-order valence-electron chi connectivity index (χ2n) is 4.01. The van der Waals surface area contributed by atoms with Gasteiger partial charge < -0.3 is 5.32 Å². The fraction of sp³-hybridized carbons (Fsp3) is 0.455. The summed E-state index contributed by atoms with van der Waals surface area (Å²) in [4.78, 5) is 3.87. The Morgan fingerprint density at radius 2 is 2.35 bits per heavy atom. The van der Waals surface area contributed by atoms with E-state index < -0.39 is 15.1 Å². The average Bonchev–Trinajstić information content (AvgIpc) is 2.40. The number of rotatable bonds is 2. The van der Waals surface area contributed by atoms with Crippen LogP contribution in [0.4, 0.5) is 0 Å². The van der Waals surface area contributed by atoms with Crippen LogP contribution in [0.5, 0.6) is 0 Å². The standard InChI is InChI=1S/C11H13N3O2S/c12-7-9-3-5-14-11(6-9)17(15,16)10-2-1-4-13-8-10/h3,5-6,10,13H,1-2,4,8H2/t10-/m0/s1. The van der Waals surface area contributed by atoms with Crippen LogP contribution in [0, 0.1) is 11.3 Å². The van der Waals surface area contributed by atoms with Crippen molar-refractivity contribution in [3.8, 4) is 6.07 Å². The quantitative estimate of drug-likeness (QED) is 0.826. The molecule has 2 rings (SSSR count). The fourth-order valence-electron chi connectivity index (χ4n) is 1.89. The van der Waals surface area contributed by atoms with E-state index in [1.807, 2.05) is 6.07 Å². The lowest BCUT2D eigenvalue weighted by Gasteiger charge is -2.22. The first-order valence-corrected chi connectivity index (χ1v) is 7.00. The Balaban J connectivity index is 2.34. The van der Waals surface area contributed by atoms with Crippen molar-refractivity contribution >= 4 is 9.84 Å². The number of hydrogen-bond acceptors (Lipinski definition) is 5. The Bertz CT molecular complexity index is 542. The monoisotopic (exact) mass is 251 g/mol. The molecular formula is C11H13N3O2S. The Kier molecular flexibility index (Phi) is 3.41. The summed E-state index contributed by atoms with van der Waals surface area (Å²) in [6, 6.07) is 4.76. The third-order valence-electron chi connectivity index (χ3n) is 2.85. The topological polar surface area (TPSA) is 82.8 Å². The van der Waals surface area contributed by atoms with E-state index in [9.17, 15) is 8.42 Å². The normalized spacial score (nSPS) is 20.8. The molecule has 1 fully saturated rings. The highest BCUT2D eigenvalue weighted by Gasteiger charge is 2.30. The van der Waals surface area contributed by atoms with Gasteiger partial charge in [0.15, 0.2) is 14.9 Å². The smallest absolute Gasteiger partial charge is 0.199 e. The van der Waals surface area contributed by atoms with E-state index in [-0.39, 0.29) is 5.03 Å². The van der Waals surface area contributed by atoms with Crippen LogP contribution in [0.2, 0.25) is 0 Å². The first-order valence-electron chi connectivity index (χ1n) is 5.45. The van der Waals surface area contributed by atoms with Crippen LogP contribution in [-0.4, -0.2) is 31.7 Å². The minimum Gasteiger partial charge on any atom is -0.315 e. The van der Waals surface area contributed by atoms with Crippen molar-refractivity contribution < 1.29 is 8.42 Å². The number of nitrogens with one attached hydrogen (secondary N) is 1. The molecule has 6 heteroatoms. The van der Waals surface area contributed by atoms with Gasteiger partial charge in [-0.2, -0.15) is 5.26 Å². The largest absolute Gasteiger partial charge is 0.315 e. The molecule has 0 radical (unpaired) electrons. The molecule has 0 spiro atoms. The van der Waals surface area contributed by atoms with Crippen molar-refractivity contribution in [2.45, 2.75) is 23.1 Å². The van der Waals surface area contributed by atoms with Crippen LogP contribution in [-0.2, 0) is 9.84 Å². The van der Waals surface area contributed by atoms with E-state index in [2.05, 4.69) is 10.3 Å². The molecule has 17 heavy (non-hydrogen) atoms. The molecule has 0 aromatic carbocycles. The number of piperidine rings is 1. The average molecular weight is 251 g/mol. The van der Waals surface area contributed by atoms with Crippen LogP contribution in [0.1, 0.15) is 18.4 Å². The second kappa shape index (κ2) is 4.82. The maximum Gasteiger partial charge on any atom is 0.199 e. The first-order chi connectivity index (χ1) is 8.14. The first kappa shape index (κ1) is 12.0. The van der Waals surface area contributed by atoms with Crippen molar-refractivity contribution in [3.05, 3.63) is 23.9 Å². The highest BCUT2D eigenvalue weighted by Crippen LogP contribution is 2.19. The number of hydrogen-bond donors (Lipinski definition) is 1. The van der Waals surface area contributed by atoms with Crippen molar-refractivity contribution in [1.29, 1.82) is 5.26 Å². The van der Waals surface area contributed by atoms with E-state index in [4.69, 9.17) is 5.26 Å². The fourth-order valence-corrected chi connectivity index (χ4v) is 3.54. The lowest BCUT2D eigenvalue weighted by atomic mass is 10.2. The highest BCUT2D eigenvalue weighted by atomic mass is 32.2. The Morgan fingerprint density at radius 3 is 3.00 bits per heavy atom.